The van der Waals surface area contributed by atoms with Gasteiger partial charge >= 0.3 is 0 Å². The lowest BCUT2D eigenvalue weighted by atomic mass is 10.4. The van der Waals surface area contributed by atoms with Crippen molar-refractivity contribution in [1.29, 1.82) is 0 Å². The van der Waals surface area contributed by atoms with Crippen LogP contribution in [0.4, 0.5) is 0 Å². The molecule has 19 heavy (non-hydrogen) atoms. The zero-order valence-electron chi connectivity index (χ0n) is 11.3. The molecule has 1 aliphatic carbocycles. The number of nitrogens with zero attached hydrogens (tertiary/aromatic N) is 1. The van der Waals surface area contributed by atoms with E-state index in [9.17, 15) is 8.42 Å². The maximum absolute atomic E-state index is 12.0. The van der Waals surface area contributed by atoms with Crippen LogP contribution in [-0.4, -0.2) is 31.2 Å². The fraction of sp³-hybridized carbons (Fsp3) is 0.750. The minimum atomic E-state index is -3.34. The first-order valence-corrected chi connectivity index (χ1v) is 8.21. The summed E-state index contributed by atoms with van der Waals surface area (Å²) in [5.41, 5.74) is 0. The highest BCUT2D eigenvalue weighted by Crippen LogP contribution is 2.18. The molecular formula is C12H21N3O3S. The van der Waals surface area contributed by atoms with Crippen LogP contribution in [-0.2, 0) is 23.0 Å². The van der Waals surface area contributed by atoms with Crippen molar-refractivity contribution in [3.63, 3.8) is 0 Å². The lowest BCUT2D eigenvalue weighted by Crippen LogP contribution is -2.39. The Morgan fingerprint density at radius 1 is 1.53 bits per heavy atom. The van der Waals surface area contributed by atoms with Crippen molar-refractivity contribution in [3.05, 3.63) is 17.8 Å². The summed E-state index contributed by atoms with van der Waals surface area (Å²) in [7, 11) is -3.34. The predicted molar refractivity (Wildman–Crippen MR) is 72.1 cm³/mol. The Labute approximate surface area is 114 Å². The van der Waals surface area contributed by atoms with Crippen LogP contribution < -0.4 is 10.0 Å². The Morgan fingerprint density at radius 2 is 2.26 bits per heavy atom. The molecule has 2 rings (SSSR count). The van der Waals surface area contributed by atoms with Gasteiger partial charge in [0.1, 0.15) is 5.76 Å². The number of oxazole rings is 1. The van der Waals surface area contributed by atoms with Crippen LogP contribution in [0.15, 0.2) is 10.6 Å². The standard InChI is InChI=1S/C12H21N3O3S/c1-3-11-7-14-12(18-11)8-15-19(16,17)9(2)6-13-10-4-5-10/h7,9-10,13,15H,3-6,8H2,1-2H3. The average molecular weight is 287 g/mol. The Hall–Kier alpha value is -0.920. The maximum Gasteiger partial charge on any atom is 0.215 e. The second-order valence-corrected chi connectivity index (χ2v) is 7.12. The second-order valence-electron chi connectivity index (χ2n) is 4.93. The van der Waals surface area contributed by atoms with E-state index in [4.69, 9.17) is 4.42 Å². The minimum absolute atomic E-state index is 0.107. The Kier molecular flexibility index (Phi) is 4.59. The molecule has 0 saturated heterocycles. The smallest absolute Gasteiger partial charge is 0.215 e. The molecule has 1 atom stereocenters. The second kappa shape index (κ2) is 6.02. The Bertz CT molecular complexity index is 508. The molecule has 1 fully saturated rings. The summed E-state index contributed by atoms with van der Waals surface area (Å²) in [5.74, 6) is 1.17. The van der Waals surface area contributed by atoms with Gasteiger partial charge in [-0.1, -0.05) is 6.92 Å². The zero-order valence-corrected chi connectivity index (χ0v) is 12.2. The summed E-state index contributed by atoms with van der Waals surface area (Å²) in [5, 5.41) is 2.75. The van der Waals surface area contributed by atoms with Gasteiger partial charge in [0.05, 0.1) is 18.0 Å². The van der Waals surface area contributed by atoms with E-state index in [2.05, 4.69) is 15.0 Å². The van der Waals surface area contributed by atoms with Crippen LogP contribution in [0.2, 0.25) is 0 Å². The van der Waals surface area contributed by atoms with E-state index < -0.39 is 15.3 Å². The van der Waals surface area contributed by atoms with Crippen molar-refractivity contribution in [2.45, 2.75) is 50.9 Å². The van der Waals surface area contributed by atoms with Crippen LogP contribution >= 0.6 is 0 Å². The molecule has 1 saturated carbocycles. The third kappa shape index (κ3) is 4.29. The lowest BCUT2D eigenvalue weighted by Gasteiger charge is -2.13. The highest BCUT2D eigenvalue weighted by atomic mass is 32.2. The molecule has 2 N–H and O–H groups in total. The van der Waals surface area contributed by atoms with Gasteiger partial charge in [0.2, 0.25) is 15.9 Å². The molecular weight excluding hydrogens is 266 g/mol. The van der Waals surface area contributed by atoms with Gasteiger partial charge in [-0.05, 0) is 19.8 Å². The summed E-state index contributed by atoms with van der Waals surface area (Å²) in [6, 6.07) is 0.511. The van der Waals surface area contributed by atoms with Gasteiger partial charge in [0, 0.05) is 19.0 Å². The molecule has 1 heterocycles. The molecule has 0 amide bonds. The van der Waals surface area contributed by atoms with Crippen molar-refractivity contribution in [3.8, 4) is 0 Å². The van der Waals surface area contributed by atoms with Crippen molar-refractivity contribution in [2.75, 3.05) is 6.54 Å². The van der Waals surface area contributed by atoms with Crippen molar-refractivity contribution in [1.82, 2.24) is 15.0 Å². The van der Waals surface area contributed by atoms with Gasteiger partial charge in [-0.15, -0.1) is 0 Å². The van der Waals surface area contributed by atoms with Crippen molar-refractivity contribution >= 4 is 10.0 Å². The largest absolute Gasteiger partial charge is 0.444 e. The van der Waals surface area contributed by atoms with Crippen LogP contribution in [0.5, 0.6) is 0 Å². The highest BCUT2D eigenvalue weighted by molar-refractivity contribution is 7.90. The van der Waals surface area contributed by atoms with E-state index in [1.807, 2.05) is 6.92 Å². The zero-order chi connectivity index (χ0) is 13.9. The normalized spacial score (nSPS) is 17.6. The van der Waals surface area contributed by atoms with E-state index in [1.165, 1.54) is 0 Å². The molecule has 0 radical (unpaired) electrons. The summed E-state index contributed by atoms with van der Waals surface area (Å²) >= 11 is 0. The lowest BCUT2D eigenvalue weighted by molar-refractivity contribution is 0.451. The number of hydrogen-bond acceptors (Lipinski definition) is 5. The quantitative estimate of drug-likeness (QED) is 0.738. The molecule has 1 aromatic heterocycles. The molecule has 7 heteroatoms. The topological polar surface area (TPSA) is 84.2 Å². The monoisotopic (exact) mass is 287 g/mol. The van der Waals surface area contributed by atoms with E-state index in [1.54, 1.807) is 13.1 Å². The van der Waals surface area contributed by atoms with E-state index in [0.29, 0.717) is 18.5 Å². The van der Waals surface area contributed by atoms with Gasteiger partial charge in [-0.2, -0.15) is 0 Å². The van der Waals surface area contributed by atoms with Gasteiger partial charge in [0.15, 0.2) is 0 Å². The average Bonchev–Trinajstić information content (AvgIpc) is 3.10. The fourth-order valence-electron chi connectivity index (χ4n) is 1.63. The molecule has 0 aliphatic heterocycles. The van der Waals surface area contributed by atoms with Gasteiger partial charge in [-0.3, -0.25) is 0 Å². The summed E-state index contributed by atoms with van der Waals surface area (Å²) in [6.07, 6.45) is 4.68. The summed E-state index contributed by atoms with van der Waals surface area (Å²) in [4.78, 5) is 4.02. The molecule has 1 unspecified atom stereocenters. The predicted octanol–water partition coefficient (Wildman–Crippen LogP) is 0.797. The number of nitrogens with one attached hydrogen (secondary N) is 2. The van der Waals surface area contributed by atoms with Crippen molar-refractivity contribution in [2.24, 2.45) is 0 Å². The van der Waals surface area contributed by atoms with Crippen molar-refractivity contribution < 1.29 is 12.8 Å². The molecule has 0 aromatic carbocycles. The van der Waals surface area contributed by atoms with Crippen LogP contribution in [0.1, 0.15) is 38.3 Å². The van der Waals surface area contributed by atoms with Gasteiger partial charge in [0.25, 0.3) is 0 Å². The molecule has 0 spiro atoms. The summed E-state index contributed by atoms with van der Waals surface area (Å²) < 4.78 is 31.9. The van der Waals surface area contributed by atoms with Crippen LogP contribution in [0, 0.1) is 0 Å². The highest BCUT2D eigenvalue weighted by Gasteiger charge is 2.25. The number of rotatable bonds is 8. The first-order valence-electron chi connectivity index (χ1n) is 6.66. The van der Waals surface area contributed by atoms with E-state index in [0.717, 1.165) is 25.0 Å². The molecule has 6 nitrogen and oxygen atoms in total. The summed E-state index contributed by atoms with van der Waals surface area (Å²) in [6.45, 7) is 4.24. The molecule has 1 aliphatic rings. The maximum atomic E-state index is 12.0. The Morgan fingerprint density at radius 3 is 2.84 bits per heavy atom. The number of aryl methyl sites for hydroxylation is 1. The fourth-order valence-corrected chi connectivity index (χ4v) is 2.55. The first kappa shape index (κ1) is 14.5. The van der Waals surface area contributed by atoms with Crippen LogP contribution in [0.25, 0.3) is 0 Å². The SMILES string of the molecule is CCc1cnc(CNS(=O)(=O)C(C)CNC2CC2)o1. The van der Waals surface area contributed by atoms with Gasteiger partial charge in [-0.25, -0.2) is 18.1 Å². The minimum Gasteiger partial charge on any atom is -0.444 e. The van der Waals surface area contributed by atoms with E-state index >= 15 is 0 Å². The first-order chi connectivity index (χ1) is 9.01. The molecule has 1 aromatic rings. The number of sulfonamides is 1. The third-order valence-electron chi connectivity index (χ3n) is 3.18. The Balaban J connectivity index is 1.81. The molecule has 108 valence electrons. The third-order valence-corrected chi connectivity index (χ3v) is 4.95. The molecule has 0 bridgehead atoms. The number of aromatic nitrogens is 1. The van der Waals surface area contributed by atoms with Gasteiger partial charge < -0.3 is 9.73 Å². The van der Waals surface area contributed by atoms with Crippen LogP contribution in [0.3, 0.4) is 0 Å². The number of hydrogen-bond donors (Lipinski definition) is 2. The van der Waals surface area contributed by atoms with E-state index in [-0.39, 0.29) is 6.54 Å².